The van der Waals surface area contributed by atoms with Crippen LogP contribution in [-0.4, -0.2) is 25.2 Å². The molecular formula is C11H11BrFNO2. The summed E-state index contributed by atoms with van der Waals surface area (Å²) < 4.78 is 18.4. The van der Waals surface area contributed by atoms with Gasteiger partial charge in [-0.1, -0.05) is 0 Å². The quantitative estimate of drug-likeness (QED) is 0.905. The molecule has 3 nitrogen and oxygen atoms in total. The summed E-state index contributed by atoms with van der Waals surface area (Å²) in [7, 11) is 0. The highest BCUT2D eigenvalue weighted by Gasteiger charge is 2.18. The van der Waals surface area contributed by atoms with Crippen LogP contribution in [0.1, 0.15) is 16.8 Å². The molecule has 86 valence electrons. The van der Waals surface area contributed by atoms with Crippen LogP contribution in [0.5, 0.6) is 0 Å². The van der Waals surface area contributed by atoms with Gasteiger partial charge >= 0.3 is 0 Å². The average Bonchev–Trinajstić information content (AvgIpc) is 2.74. The number of carbonyl (C=O) groups excluding carboxylic acids is 1. The Kier molecular flexibility index (Phi) is 3.56. The second-order valence-electron chi connectivity index (χ2n) is 3.66. The van der Waals surface area contributed by atoms with Crippen LogP contribution in [0.15, 0.2) is 22.7 Å². The number of amides is 1. The minimum Gasteiger partial charge on any atom is -0.379 e. The fraction of sp³-hybridized carbons (Fsp3) is 0.364. The topological polar surface area (TPSA) is 38.3 Å². The van der Waals surface area contributed by atoms with Crippen LogP contribution in [0.4, 0.5) is 4.39 Å². The molecule has 16 heavy (non-hydrogen) atoms. The van der Waals surface area contributed by atoms with Crippen LogP contribution < -0.4 is 5.32 Å². The number of rotatable bonds is 2. The Morgan fingerprint density at radius 2 is 2.38 bits per heavy atom. The normalized spacial score (nSPS) is 19.8. The molecule has 0 aromatic heterocycles. The van der Waals surface area contributed by atoms with Crippen molar-refractivity contribution in [2.75, 3.05) is 13.2 Å². The Bertz CT molecular complexity index is 405. The van der Waals surface area contributed by atoms with E-state index in [0.29, 0.717) is 23.2 Å². The lowest BCUT2D eigenvalue weighted by Gasteiger charge is -2.10. The molecular weight excluding hydrogens is 277 g/mol. The molecule has 0 spiro atoms. The monoisotopic (exact) mass is 287 g/mol. The highest BCUT2D eigenvalue weighted by atomic mass is 79.9. The average molecular weight is 288 g/mol. The Balaban J connectivity index is 2.05. The minimum atomic E-state index is -0.374. The molecule has 5 heteroatoms. The molecule has 1 fully saturated rings. The predicted molar refractivity (Wildman–Crippen MR) is 60.8 cm³/mol. The van der Waals surface area contributed by atoms with Crippen molar-refractivity contribution in [3.05, 3.63) is 34.1 Å². The third kappa shape index (κ3) is 2.59. The zero-order valence-corrected chi connectivity index (χ0v) is 10.1. The fourth-order valence-corrected chi connectivity index (χ4v) is 1.93. The molecule has 1 aliphatic rings. The molecule has 1 unspecified atom stereocenters. The van der Waals surface area contributed by atoms with Crippen molar-refractivity contribution >= 4 is 21.8 Å². The van der Waals surface area contributed by atoms with Gasteiger partial charge in [-0.2, -0.15) is 0 Å². The summed E-state index contributed by atoms with van der Waals surface area (Å²) in [5, 5.41) is 2.83. The van der Waals surface area contributed by atoms with Gasteiger partial charge in [0.1, 0.15) is 5.82 Å². The molecule has 1 N–H and O–H groups in total. The van der Waals surface area contributed by atoms with Gasteiger partial charge in [0.05, 0.1) is 17.1 Å². The highest BCUT2D eigenvalue weighted by Crippen LogP contribution is 2.17. The van der Waals surface area contributed by atoms with Gasteiger partial charge in [-0.3, -0.25) is 4.79 Å². The molecule has 1 amide bonds. The molecule has 1 aromatic rings. The molecule has 2 rings (SSSR count). The SMILES string of the molecule is O=C(NC1CCOC1)c1ccc(F)c(Br)c1. The summed E-state index contributed by atoms with van der Waals surface area (Å²) in [6.07, 6.45) is 0.827. The summed E-state index contributed by atoms with van der Waals surface area (Å²) in [5.41, 5.74) is 0.445. The van der Waals surface area contributed by atoms with Crippen LogP contribution in [0, 0.1) is 5.82 Å². The van der Waals surface area contributed by atoms with Crippen molar-refractivity contribution in [3.63, 3.8) is 0 Å². The minimum absolute atomic E-state index is 0.0660. The van der Waals surface area contributed by atoms with E-state index in [1.807, 2.05) is 0 Å². The zero-order chi connectivity index (χ0) is 11.5. The number of ether oxygens (including phenoxy) is 1. The van der Waals surface area contributed by atoms with Gasteiger partial charge in [0, 0.05) is 12.2 Å². The van der Waals surface area contributed by atoms with Crippen molar-refractivity contribution in [3.8, 4) is 0 Å². The predicted octanol–water partition coefficient (Wildman–Crippen LogP) is 2.11. The molecule has 1 atom stereocenters. The number of benzene rings is 1. The summed E-state index contributed by atoms with van der Waals surface area (Å²) in [5.74, 6) is -0.572. The Hall–Kier alpha value is -0.940. The van der Waals surface area contributed by atoms with Gasteiger partial charge in [-0.05, 0) is 40.5 Å². The standard InChI is InChI=1S/C11H11BrFNO2/c12-9-5-7(1-2-10(9)13)11(15)14-8-3-4-16-6-8/h1-2,5,8H,3-4,6H2,(H,14,15). The number of hydrogen-bond acceptors (Lipinski definition) is 2. The number of carbonyl (C=O) groups is 1. The maximum Gasteiger partial charge on any atom is 0.251 e. The molecule has 1 heterocycles. The molecule has 1 aliphatic heterocycles. The lowest BCUT2D eigenvalue weighted by atomic mass is 10.2. The van der Waals surface area contributed by atoms with Crippen molar-refractivity contribution in [1.29, 1.82) is 0 Å². The van der Waals surface area contributed by atoms with Crippen LogP contribution in [0.2, 0.25) is 0 Å². The van der Waals surface area contributed by atoms with E-state index in [1.54, 1.807) is 0 Å². The van der Waals surface area contributed by atoms with E-state index in [2.05, 4.69) is 21.2 Å². The van der Waals surface area contributed by atoms with Crippen LogP contribution in [-0.2, 0) is 4.74 Å². The summed E-state index contributed by atoms with van der Waals surface area (Å²) in [6, 6.07) is 4.27. The Morgan fingerprint density at radius 1 is 1.56 bits per heavy atom. The van der Waals surface area contributed by atoms with E-state index < -0.39 is 0 Å². The Morgan fingerprint density at radius 3 is 3.00 bits per heavy atom. The molecule has 0 aliphatic carbocycles. The zero-order valence-electron chi connectivity index (χ0n) is 8.50. The van der Waals surface area contributed by atoms with E-state index in [9.17, 15) is 9.18 Å². The third-order valence-electron chi connectivity index (χ3n) is 2.45. The lowest BCUT2D eigenvalue weighted by Crippen LogP contribution is -2.34. The maximum atomic E-state index is 13.0. The van der Waals surface area contributed by atoms with E-state index in [1.165, 1.54) is 18.2 Å². The number of hydrogen-bond donors (Lipinski definition) is 1. The second-order valence-corrected chi connectivity index (χ2v) is 4.52. The fourth-order valence-electron chi connectivity index (χ4n) is 1.55. The first kappa shape index (κ1) is 11.5. The van der Waals surface area contributed by atoms with Crippen LogP contribution in [0.3, 0.4) is 0 Å². The van der Waals surface area contributed by atoms with E-state index >= 15 is 0 Å². The largest absolute Gasteiger partial charge is 0.379 e. The lowest BCUT2D eigenvalue weighted by molar-refractivity contribution is 0.0930. The van der Waals surface area contributed by atoms with Gasteiger partial charge < -0.3 is 10.1 Å². The van der Waals surface area contributed by atoms with Gasteiger partial charge in [-0.25, -0.2) is 4.39 Å². The van der Waals surface area contributed by atoms with Crippen molar-refractivity contribution in [1.82, 2.24) is 5.32 Å². The van der Waals surface area contributed by atoms with Crippen LogP contribution in [0.25, 0.3) is 0 Å². The van der Waals surface area contributed by atoms with Crippen LogP contribution >= 0.6 is 15.9 Å². The highest BCUT2D eigenvalue weighted by molar-refractivity contribution is 9.10. The van der Waals surface area contributed by atoms with Gasteiger partial charge in [0.15, 0.2) is 0 Å². The second kappa shape index (κ2) is 4.93. The van der Waals surface area contributed by atoms with E-state index in [0.717, 1.165) is 6.42 Å². The molecule has 1 aromatic carbocycles. The molecule has 1 saturated heterocycles. The summed E-state index contributed by atoms with van der Waals surface area (Å²) >= 11 is 3.05. The first-order valence-corrected chi connectivity index (χ1v) is 5.80. The van der Waals surface area contributed by atoms with E-state index in [4.69, 9.17) is 4.74 Å². The molecule has 0 saturated carbocycles. The van der Waals surface area contributed by atoms with Gasteiger partial charge in [0.2, 0.25) is 0 Å². The molecule has 0 radical (unpaired) electrons. The Labute approximate surface area is 101 Å². The first-order chi connectivity index (χ1) is 7.66. The van der Waals surface area contributed by atoms with E-state index in [-0.39, 0.29) is 17.8 Å². The molecule has 0 bridgehead atoms. The third-order valence-corrected chi connectivity index (χ3v) is 3.05. The first-order valence-electron chi connectivity index (χ1n) is 5.00. The van der Waals surface area contributed by atoms with Crippen molar-refractivity contribution in [2.24, 2.45) is 0 Å². The number of nitrogens with one attached hydrogen (secondary N) is 1. The smallest absolute Gasteiger partial charge is 0.251 e. The van der Waals surface area contributed by atoms with Gasteiger partial charge in [-0.15, -0.1) is 0 Å². The number of halogens is 2. The summed E-state index contributed by atoms with van der Waals surface area (Å²) in [4.78, 5) is 11.8. The summed E-state index contributed by atoms with van der Waals surface area (Å²) in [6.45, 7) is 1.23. The van der Waals surface area contributed by atoms with Gasteiger partial charge in [0.25, 0.3) is 5.91 Å². The van der Waals surface area contributed by atoms with Crippen molar-refractivity contribution < 1.29 is 13.9 Å². The van der Waals surface area contributed by atoms with Crippen molar-refractivity contribution in [2.45, 2.75) is 12.5 Å². The maximum absolute atomic E-state index is 13.0.